The maximum Gasteiger partial charge on any atom is 0.120 e. The molecule has 4 heterocycles. The van der Waals surface area contributed by atoms with Gasteiger partial charge in [0.15, 0.2) is 0 Å². The van der Waals surface area contributed by atoms with Gasteiger partial charge in [-0.25, -0.2) is 0 Å². The number of imidazole rings is 1. The molecule has 8 rings (SSSR count). The summed E-state index contributed by atoms with van der Waals surface area (Å²) in [6, 6.07) is 37.2. The number of pyridine rings is 1. The first-order valence-electron chi connectivity index (χ1n) is 14.3. The quantitative estimate of drug-likeness (QED) is 0.170. The molecule has 4 aromatic carbocycles. The molecule has 0 saturated heterocycles. The largest absolute Gasteiger partial charge is 0.501 e. The minimum atomic E-state index is 0. The van der Waals surface area contributed by atoms with Crippen LogP contribution in [0.25, 0.3) is 61.7 Å². The second-order valence-corrected chi connectivity index (χ2v) is 11.9. The van der Waals surface area contributed by atoms with Crippen LogP contribution in [0.3, 0.4) is 0 Å². The van der Waals surface area contributed by atoms with Crippen molar-refractivity contribution in [2.24, 2.45) is 5.41 Å². The van der Waals surface area contributed by atoms with E-state index in [4.69, 9.17) is 9.40 Å². The zero-order valence-corrected chi connectivity index (χ0v) is 26.8. The first-order chi connectivity index (χ1) is 20.4. The Morgan fingerprint density at radius 2 is 1.74 bits per heavy atom. The smallest absolute Gasteiger partial charge is 0.120 e. The van der Waals surface area contributed by atoms with Crippen LogP contribution in [0, 0.1) is 17.5 Å². The van der Waals surface area contributed by atoms with Gasteiger partial charge < -0.3 is 14.0 Å². The summed E-state index contributed by atoms with van der Waals surface area (Å²) < 4.78 is 8.37. The fraction of sp³-hybridized carbons (Fsp3) is 0.158. The molecule has 1 radical (unpaired) electrons. The number of fused-ring (bicyclic) bond motifs is 3. The van der Waals surface area contributed by atoms with Crippen LogP contribution in [0.5, 0.6) is 0 Å². The van der Waals surface area contributed by atoms with Crippen LogP contribution in [0.15, 0.2) is 108 Å². The molecular formula is C38H31IrN3O-2. The Morgan fingerprint density at radius 3 is 2.58 bits per heavy atom. The molecule has 4 nitrogen and oxygen atoms in total. The van der Waals surface area contributed by atoms with Gasteiger partial charge >= 0.3 is 0 Å². The summed E-state index contributed by atoms with van der Waals surface area (Å²) in [4.78, 5) is 9.32. The van der Waals surface area contributed by atoms with E-state index in [0.717, 1.165) is 63.1 Å². The van der Waals surface area contributed by atoms with Crippen molar-refractivity contribution in [3.63, 3.8) is 0 Å². The predicted molar refractivity (Wildman–Crippen MR) is 172 cm³/mol. The van der Waals surface area contributed by atoms with Crippen LogP contribution in [0.1, 0.15) is 31.9 Å². The molecule has 1 aliphatic heterocycles. The molecule has 43 heavy (non-hydrogen) atoms. The predicted octanol–water partition coefficient (Wildman–Crippen LogP) is 9.56. The number of nitrogens with zero attached hydrogens (tertiary/aromatic N) is 3. The van der Waals surface area contributed by atoms with Gasteiger partial charge in [-0.2, -0.15) is 0 Å². The van der Waals surface area contributed by atoms with Crippen LogP contribution in [-0.2, 0) is 33.1 Å². The van der Waals surface area contributed by atoms with Crippen LogP contribution in [0.2, 0.25) is 0 Å². The number of benzene rings is 4. The van der Waals surface area contributed by atoms with Gasteiger partial charge in [-0.1, -0.05) is 85.8 Å². The molecule has 0 saturated carbocycles. The zero-order chi connectivity index (χ0) is 28.7. The molecule has 1 aliphatic rings. The third-order valence-electron chi connectivity index (χ3n) is 7.49. The molecular weight excluding hydrogens is 707 g/mol. The van der Waals surface area contributed by atoms with Crippen LogP contribution in [0.4, 0.5) is 0 Å². The number of hydrogen-bond acceptors (Lipinski definition) is 3. The SMILES string of the molecule is CC(C)(C)Cc1ccnc(-c2[c-]ccc3c2oc2ccccc23)c1.[Ir].[c-]1ccccc1-c1nc2cccc3c2n1CC=C3. The molecule has 5 heteroatoms. The Balaban J connectivity index is 0.000000155. The minimum Gasteiger partial charge on any atom is -0.501 e. The third kappa shape index (κ3) is 5.71. The van der Waals surface area contributed by atoms with Crippen molar-refractivity contribution in [3.8, 4) is 22.6 Å². The van der Waals surface area contributed by atoms with Crippen molar-refractivity contribution in [2.75, 3.05) is 0 Å². The maximum atomic E-state index is 6.11. The minimum absolute atomic E-state index is 0. The van der Waals surface area contributed by atoms with E-state index < -0.39 is 0 Å². The molecule has 0 atom stereocenters. The van der Waals surface area contributed by atoms with Crippen LogP contribution >= 0.6 is 0 Å². The van der Waals surface area contributed by atoms with Crippen molar-refractivity contribution < 1.29 is 24.5 Å². The second kappa shape index (κ2) is 11.8. The normalized spacial score (nSPS) is 12.3. The summed E-state index contributed by atoms with van der Waals surface area (Å²) >= 11 is 0. The van der Waals surface area contributed by atoms with Gasteiger partial charge in [0.25, 0.3) is 0 Å². The third-order valence-corrected chi connectivity index (χ3v) is 7.49. The molecule has 215 valence electrons. The number of allylic oxidation sites excluding steroid dienone is 1. The van der Waals surface area contributed by atoms with E-state index in [1.54, 1.807) is 0 Å². The van der Waals surface area contributed by atoms with Gasteiger partial charge in [0, 0.05) is 38.2 Å². The van der Waals surface area contributed by atoms with E-state index in [9.17, 15) is 0 Å². The van der Waals surface area contributed by atoms with E-state index in [1.807, 2.05) is 48.7 Å². The average molecular weight is 738 g/mol. The first-order valence-corrected chi connectivity index (χ1v) is 14.3. The van der Waals surface area contributed by atoms with Crippen molar-refractivity contribution in [3.05, 3.63) is 127 Å². The Labute approximate surface area is 265 Å². The van der Waals surface area contributed by atoms with E-state index in [-0.39, 0.29) is 25.5 Å². The van der Waals surface area contributed by atoms with Crippen LogP contribution in [-0.4, -0.2) is 14.5 Å². The number of aromatic nitrogens is 3. The van der Waals surface area contributed by atoms with E-state index in [0.29, 0.717) is 0 Å². The zero-order valence-electron chi connectivity index (χ0n) is 24.4. The Hall–Kier alpha value is -4.31. The summed E-state index contributed by atoms with van der Waals surface area (Å²) in [6.07, 6.45) is 7.24. The van der Waals surface area contributed by atoms with Gasteiger partial charge in [-0.05, 0) is 41.3 Å². The Bertz CT molecular complexity index is 2080. The van der Waals surface area contributed by atoms with Crippen molar-refractivity contribution >= 4 is 39.0 Å². The van der Waals surface area contributed by atoms with Gasteiger partial charge in [0.05, 0.1) is 22.4 Å². The summed E-state index contributed by atoms with van der Waals surface area (Å²) in [6.45, 7) is 7.63. The van der Waals surface area contributed by atoms with E-state index in [2.05, 4.69) is 103 Å². The number of para-hydroxylation sites is 2. The van der Waals surface area contributed by atoms with E-state index in [1.165, 1.54) is 16.6 Å². The van der Waals surface area contributed by atoms with Gasteiger partial charge in [-0.3, -0.25) is 4.98 Å². The fourth-order valence-electron chi connectivity index (χ4n) is 5.76. The number of furan rings is 1. The molecule has 0 bridgehead atoms. The molecule has 0 fully saturated rings. The van der Waals surface area contributed by atoms with Gasteiger partial charge in [0.2, 0.25) is 0 Å². The molecule has 3 aromatic heterocycles. The first kappa shape index (κ1) is 28.8. The second-order valence-electron chi connectivity index (χ2n) is 11.9. The Morgan fingerprint density at radius 1 is 0.884 bits per heavy atom. The van der Waals surface area contributed by atoms with E-state index >= 15 is 0 Å². The van der Waals surface area contributed by atoms with Gasteiger partial charge in [-0.15, -0.1) is 54.1 Å². The fourth-order valence-corrected chi connectivity index (χ4v) is 5.76. The molecule has 0 aliphatic carbocycles. The van der Waals surface area contributed by atoms with Crippen molar-refractivity contribution in [1.82, 2.24) is 14.5 Å². The summed E-state index contributed by atoms with van der Waals surface area (Å²) in [5.74, 6) is 1.00. The number of hydrogen-bond donors (Lipinski definition) is 0. The Kier molecular flexibility index (Phi) is 7.87. The standard InChI is InChI=1S/C22H20NO.C16H11N2.Ir/c1-22(2,3)14-15-11-12-23-19(13-15)18-9-6-8-17-16-7-4-5-10-20(16)24-21(17)18;1-2-6-13(7-3-1)16-17-14-10-4-8-12-9-5-11-18(16)15(12)14;/h4-8,10-13H,14H2,1-3H3;1-6,8-10H,11H2;/q2*-1;. The van der Waals surface area contributed by atoms with Gasteiger partial charge in [0.1, 0.15) is 5.58 Å². The molecule has 0 N–H and O–H groups in total. The number of rotatable bonds is 3. The summed E-state index contributed by atoms with van der Waals surface area (Å²) in [7, 11) is 0. The summed E-state index contributed by atoms with van der Waals surface area (Å²) in [5.41, 5.74) is 9.72. The summed E-state index contributed by atoms with van der Waals surface area (Å²) in [5, 5.41) is 2.25. The van der Waals surface area contributed by atoms with Crippen LogP contribution < -0.4 is 0 Å². The topological polar surface area (TPSA) is 43.9 Å². The maximum absolute atomic E-state index is 6.11. The molecule has 0 unspecified atom stereocenters. The van der Waals surface area contributed by atoms with Crippen molar-refractivity contribution in [1.29, 1.82) is 0 Å². The molecule has 0 spiro atoms. The molecule has 0 amide bonds. The monoisotopic (exact) mass is 738 g/mol. The average Bonchev–Trinajstić information content (AvgIpc) is 3.57. The van der Waals surface area contributed by atoms with Crippen molar-refractivity contribution in [2.45, 2.75) is 33.7 Å². The molecule has 7 aromatic rings.